The Hall–Kier alpha value is -2.29. The highest BCUT2D eigenvalue weighted by atomic mass is 16.5. The largest absolute Gasteiger partial charge is 0.380 e. The zero-order valence-electron chi connectivity index (χ0n) is 16.9. The van der Waals surface area contributed by atoms with Gasteiger partial charge in [-0.2, -0.15) is 0 Å². The summed E-state index contributed by atoms with van der Waals surface area (Å²) >= 11 is 0. The van der Waals surface area contributed by atoms with Crippen molar-refractivity contribution in [3.05, 3.63) is 34.9 Å². The number of nitrogens with zero attached hydrogens (tertiary/aromatic N) is 2. The summed E-state index contributed by atoms with van der Waals surface area (Å²) in [6, 6.07) is 5.27. The SMILES string of the molecule is COC1CN(Cc2cccc3c2C(=O)N(C2CCC(=O)NC2=O)C3)C(C)(CN)C1. The number of nitrogens with two attached hydrogens (primary N) is 1. The van der Waals surface area contributed by atoms with Crippen LogP contribution in [0.3, 0.4) is 0 Å². The van der Waals surface area contributed by atoms with Crippen molar-refractivity contribution in [2.75, 3.05) is 20.2 Å². The Balaban J connectivity index is 1.58. The fourth-order valence-electron chi connectivity index (χ4n) is 4.80. The van der Waals surface area contributed by atoms with Crippen LogP contribution >= 0.6 is 0 Å². The molecule has 2 fully saturated rings. The lowest BCUT2D eigenvalue weighted by atomic mass is 9.96. The molecular formula is C21H28N4O4. The lowest BCUT2D eigenvalue weighted by Crippen LogP contribution is -2.52. The quantitative estimate of drug-likeness (QED) is 0.693. The first-order valence-corrected chi connectivity index (χ1v) is 10.1. The van der Waals surface area contributed by atoms with Gasteiger partial charge in [0.1, 0.15) is 6.04 Å². The molecule has 4 rings (SSSR count). The number of likely N-dealkylation sites (tertiary alicyclic amines) is 1. The highest BCUT2D eigenvalue weighted by Gasteiger charge is 2.43. The minimum absolute atomic E-state index is 0.121. The molecule has 0 bridgehead atoms. The minimum Gasteiger partial charge on any atom is -0.380 e. The molecule has 0 aromatic heterocycles. The molecule has 8 heteroatoms. The number of carbonyl (C=O) groups excluding carboxylic acids is 3. The Morgan fingerprint density at radius 2 is 2.10 bits per heavy atom. The van der Waals surface area contributed by atoms with Gasteiger partial charge < -0.3 is 15.4 Å². The lowest BCUT2D eigenvalue weighted by Gasteiger charge is -2.34. The van der Waals surface area contributed by atoms with Gasteiger partial charge in [0.2, 0.25) is 11.8 Å². The van der Waals surface area contributed by atoms with Crippen LogP contribution in [0.2, 0.25) is 0 Å². The Morgan fingerprint density at radius 3 is 2.79 bits per heavy atom. The number of rotatable bonds is 5. The van der Waals surface area contributed by atoms with E-state index in [1.165, 1.54) is 0 Å². The zero-order chi connectivity index (χ0) is 20.8. The Kier molecular flexibility index (Phi) is 5.18. The number of hydrogen-bond donors (Lipinski definition) is 2. The van der Waals surface area contributed by atoms with E-state index in [1.807, 2.05) is 18.2 Å². The molecular weight excluding hydrogens is 372 g/mol. The first-order valence-electron chi connectivity index (χ1n) is 10.1. The molecule has 3 unspecified atom stereocenters. The van der Waals surface area contributed by atoms with Gasteiger partial charge in [-0.1, -0.05) is 18.2 Å². The molecule has 156 valence electrons. The van der Waals surface area contributed by atoms with Gasteiger partial charge in [-0.15, -0.1) is 0 Å². The molecule has 2 saturated heterocycles. The van der Waals surface area contributed by atoms with Crippen LogP contribution in [0.5, 0.6) is 0 Å². The van der Waals surface area contributed by atoms with Crippen molar-refractivity contribution in [1.82, 2.24) is 15.1 Å². The highest BCUT2D eigenvalue weighted by molar-refractivity contribution is 6.05. The van der Waals surface area contributed by atoms with Gasteiger partial charge in [-0.25, -0.2) is 0 Å². The molecule has 29 heavy (non-hydrogen) atoms. The van der Waals surface area contributed by atoms with Crippen molar-refractivity contribution < 1.29 is 19.1 Å². The van der Waals surface area contributed by atoms with E-state index in [-0.39, 0.29) is 35.8 Å². The van der Waals surface area contributed by atoms with Crippen molar-refractivity contribution in [2.45, 2.75) is 57.0 Å². The number of fused-ring (bicyclic) bond motifs is 1. The lowest BCUT2D eigenvalue weighted by molar-refractivity contribution is -0.136. The molecule has 3 N–H and O–H groups in total. The maximum atomic E-state index is 13.3. The van der Waals surface area contributed by atoms with Crippen LogP contribution in [0.25, 0.3) is 0 Å². The highest BCUT2D eigenvalue weighted by Crippen LogP contribution is 2.35. The average molecular weight is 400 g/mol. The molecule has 0 radical (unpaired) electrons. The molecule has 3 aliphatic rings. The molecule has 1 aromatic rings. The number of carbonyl (C=O) groups is 3. The number of benzene rings is 1. The standard InChI is InChI=1S/C21H28N4O4/c1-21(12-22)8-15(29-2)11-24(21)9-13-4-3-5-14-10-25(20(28)18(13)14)16-6-7-17(26)23-19(16)27/h3-5,15-16H,6-12,22H2,1-2H3,(H,23,26,27). The van der Waals surface area contributed by atoms with Crippen LogP contribution in [-0.2, 0) is 27.4 Å². The van der Waals surface area contributed by atoms with E-state index in [9.17, 15) is 14.4 Å². The van der Waals surface area contributed by atoms with E-state index < -0.39 is 6.04 Å². The van der Waals surface area contributed by atoms with Gasteiger partial charge in [0.15, 0.2) is 0 Å². The fourth-order valence-corrected chi connectivity index (χ4v) is 4.80. The second-order valence-electron chi connectivity index (χ2n) is 8.49. The van der Waals surface area contributed by atoms with Crippen molar-refractivity contribution >= 4 is 17.7 Å². The predicted molar refractivity (Wildman–Crippen MR) is 106 cm³/mol. The minimum atomic E-state index is -0.598. The summed E-state index contributed by atoms with van der Waals surface area (Å²) in [4.78, 5) is 40.9. The van der Waals surface area contributed by atoms with Crippen LogP contribution in [0, 0.1) is 0 Å². The predicted octanol–water partition coefficient (Wildman–Crippen LogP) is 0.386. The summed E-state index contributed by atoms with van der Waals surface area (Å²) in [6.07, 6.45) is 1.60. The summed E-state index contributed by atoms with van der Waals surface area (Å²) in [7, 11) is 1.71. The number of ether oxygens (including phenoxy) is 1. The van der Waals surface area contributed by atoms with E-state index in [1.54, 1.807) is 12.0 Å². The van der Waals surface area contributed by atoms with Gasteiger partial charge in [0, 0.05) is 50.8 Å². The van der Waals surface area contributed by atoms with Crippen LogP contribution in [-0.4, -0.2) is 65.4 Å². The normalized spacial score (nSPS) is 30.0. The molecule has 0 saturated carbocycles. The summed E-state index contributed by atoms with van der Waals surface area (Å²) in [6.45, 7) is 4.40. The van der Waals surface area contributed by atoms with Gasteiger partial charge in [-0.05, 0) is 30.9 Å². The monoisotopic (exact) mass is 400 g/mol. The van der Waals surface area contributed by atoms with Crippen molar-refractivity contribution in [2.24, 2.45) is 5.73 Å². The topological polar surface area (TPSA) is 105 Å². The molecule has 3 atom stereocenters. The molecule has 3 amide bonds. The number of amides is 3. The molecule has 3 heterocycles. The second kappa shape index (κ2) is 7.51. The van der Waals surface area contributed by atoms with E-state index in [0.29, 0.717) is 31.6 Å². The van der Waals surface area contributed by atoms with Crippen molar-refractivity contribution in [1.29, 1.82) is 0 Å². The fraction of sp³-hybridized carbons (Fsp3) is 0.571. The third kappa shape index (κ3) is 3.45. The maximum absolute atomic E-state index is 13.3. The van der Waals surface area contributed by atoms with Gasteiger partial charge in [-0.3, -0.25) is 24.6 Å². The summed E-state index contributed by atoms with van der Waals surface area (Å²) in [5, 5.41) is 2.35. The molecule has 1 aromatic carbocycles. The maximum Gasteiger partial charge on any atom is 0.255 e. The Bertz CT molecular complexity index is 857. The van der Waals surface area contributed by atoms with Gasteiger partial charge in [0.25, 0.3) is 5.91 Å². The third-order valence-electron chi connectivity index (χ3n) is 6.63. The molecule has 8 nitrogen and oxygen atoms in total. The van der Waals surface area contributed by atoms with E-state index in [0.717, 1.165) is 24.1 Å². The smallest absolute Gasteiger partial charge is 0.255 e. The van der Waals surface area contributed by atoms with Crippen LogP contribution in [0.4, 0.5) is 0 Å². The molecule has 3 aliphatic heterocycles. The summed E-state index contributed by atoms with van der Waals surface area (Å²) in [5.74, 6) is -0.803. The third-order valence-corrected chi connectivity index (χ3v) is 6.63. The zero-order valence-corrected chi connectivity index (χ0v) is 16.9. The first kappa shape index (κ1) is 20.0. The van der Waals surface area contributed by atoms with E-state index >= 15 is 0 Å². The van der Waals surface area contributed by atoms with Gasteiger partial charge >= 0.3 is 0 Å². The van der Waals surface area contributed by atoms with Crippen LogP contribution in [0.15, 0.2) is 18.2 Å². The number of methoxy groups -OCH3 is 1. The Morgan fingerprint density at radius 1 is 1.31 bits per heavy atom. The number of nitrogens with one attached hydrogen (secondary N) is 1. The van der Waals surface area contributed by atoms with Crippen LogP contribution < -0.4 is 11.1 Å². The molecule has 0 spiro atoms. The Labute approximate surface area is 170 Å². The first-order chi connectivity index (χ1) is 13.9. The summed E-state index contributed by atoms with van der Waals surface area (Å²) in [5.41, 5.74) is 8.43. The summed E-state index contributed by atoms with van der Waals surface area (Å²) < 4.78 is 5.56. The second-order valence-corrected chi connectivity index (χ2v) is 8.49. The van der Waals surface area contributed by atoms with Gasteiger partial charge in [0.05, 0.1) is 6.10 Å². The van der Waals surface area contributed by atoms with E-state index in [4.69, 9.17) is 10.5 Å². The average Bonchev–Trinajstić information content (AvgIpc) is 3.20. The van der Waals surface area contributed by atoms with Crippen molar-refractivity contribution in [3.63, 3.8) is 0 Å². The molecule has 0 aliphatic carbocycles. The number of imide groups is 1. The van der Waals surface area contributed by atoms with Crippen LogP contribution in [0.1, 0.15) is 47.7 Å². The van der Waals surface area contributed by atoms with E-state index in [2.05, 4.69) is 17.1 Å². The number of piperidine rings is 1. The number of hydrogen-bond acceptors (Lipinski definition) is 6. The van der Waals surface area contributed by atoms with Crippen molar-refractivity contribution in [3.8, 4) is 0 Å².